The number of nitrogens with zero attached hydrogens (tertiary/aromatic N) is 2. The van der Waals surface area contributed by atoms with E-state index in [2.05, 4.69) is 5.32 Å². The molecule has 0 radical (unpaired) electrons. The summed E-state index contributed by atoms with van der Waals surface area (Å²) in [5.74, 6) is -2.53. The molecule has 1 saturated heterocycles. The number of phenolic OH excluding ortho intramolecular Hbond substituents is 1. The van der Waals surface area contributed by atoms with Gasteiger partial charge in [-0.3, -0.25) is 23.7 Å². The van der Waals surface area contributed by atoms with Gasteiger partial charge in [-0.25, -0.2) is 4.90 Å². The van der Waals surface area contributed by atoms with Crippen LogP contribution in [0.15, 0.2) is 76.6 Å². The number of benzene rings is 3. The third kappa shape index (κ3) is 5.32. The number of amides is 3. The van der Waals surface area contributed by atoms with E-state index in [0.29, 0.717) is 38.5 Å². The number of hydrogen-bond acceptors (Lipinski definition) is 8. The van der Waals surface area contributed by atoms with E-state index in [0.717, 1.165) is 28.7 Å². The second kappa shape index (κ2) is 11.6. The molecule has 3 aromatic carbocycles. The van der Waals surface area contributed by atoms with E-state index < -0.39 is 23.0 Å². The Bertz CT molecular complexity index is 1800. The van der Waals surface area contributed by atoms with Gasteiger partial charge in [0.05, 0.1) is 23.2 Å². The van der Waals surface area contributed by atoms with Gasteiger partial charge in [-0.05, 0) is 67.9 Å². The number of halogens is 1. The molecule has 220 valence electrons. The van der Waals surface area contributed by atoms with Crippen molar-refractivity contribution < 1.29 is 24.2 Å². The smallest absolute Gasteiger partial charge is 0.308 e. The van der Waals surface area contributed by atoms with Gasteiger partial charge in [0.2, 0.25) is 17.7 Å². The molecule has 4 aromatic rings. The van der Waals surface area contributed by atoms with E-state index >= 15 is 0 Å². The number of hydrogen-bond donors (Lipinski definition) is 2. The molecule has 6 rings (SSSR count). The van der Waals surface area contributed by atoms with E-state index in [-0.39, 0.29) is 34.7 Å². The van der Waals surface area contributed by atoms with Crippen LogP contribution in [-0.2, 0) is 20.9 Å². The fourth-order valence-corrected chi connectivity index (χ4v) is 8.33. The maximum absolute atomic E-state index is 14.1. The van der Waals surface area contributed by atoms with E-state index in [4.69, 9.17) is 16.3 Å². The van der Waals surface area contributed by atoms with Crippen LogP contribution >= 0.6 is 34.7 Å². The number of nitrogens with one attached hydrogen (secondary N) is 1. The van der Waals surface area contributed by atoms with E-state index in [1.807, 2.05) is 19.1 Å². The van der Waals surface area contributed by atoms with Crippen LogP contribution in [0, 0.1) is 12.8 Å². The lowest BCUT2D eigenvalue weighted by Crippen LogP contribution is -2.33. The first-order valence-corrected chi connectivity index (χ1v) is 15.6. The maximum atomic E-state index is 14.1. The lowest BCUT2D eigenvalue weighted by atomic mass is 9.83. The van der Waals surface area contributed by atoms with Crippen molar-refractivity contribution in [3.63, 3.8) is 0 Å². The number of aromatic nitrogens is 1. The van der Waals surface area contributed by atoms with Gasteiger partial charge in [0.15, 0.2) is 11.5 Å². The number of thioether (sulfide) groups is 1. The van der Waals surface area contributed by atoms with Crippen LogP contribution in [0.2, 0.25) is 5.02 Å². The Morgan fingerprint density at radius 2 is 1.74 bits per heavy atom. The topological polar surface area (TPSA) is 118 Å². The summed E-state index contributed by atoms with van der Waals surface area (Å²) in [6.07, 6.45) is 0. The highest BCUT2D eigenvalue weighted by Gasteiger charge is 2.57. The Balaban J connectivity index is 1.43. The molecule has 3 amide bonds. The molecular weight excluding hydrogens is 610 g/mol. The Labute approximate surface area is 260 Å². The summed E-state index contributed by atoms with van der Waals surface area (Å²) in [5, 5.41) is 13.3. The van der Waals surface area contributed by atoms with Crippen molar-refractivity contribution in [3.8, 4) is 11.5 Å². The first-order valence-electron chi connectivity index (χ1n) is 13.5. The maximum Gasteiger partial charge on any atom is 0.308 e. The first-order chi connectivity index (χ1) is 20.7. The van der Waals surface area contributed by atoms with Crippen LogP contribution in [0.5, 0.6) is 11.5 Å². The molecule has 1 fully saturated rings. The monoisotopic (exact) mass is 635 g/mol. The van der Waals surface area contributed by atoms with Crippen molar-refractivity contribution in [1.82, 2.24) is 4.57 Å². The fraction of sp³-hybridized carbons (Fsp3) is 0.226. The number of aromatic hydroxyl groups is 1. The molecule has 0 bridgehead atoms. The van der Waals surface area contributed by atoms with Crippen molar-refractivity contribution in [1.29, 1.82) is 0 Å². The van der Waals surface area contributed by atoms with Crippen LogP contribution < -0.4 is 19.8 Å². The minimum atomic E-state index is -0.838. The molecule has 2 aliphatic rings. The van der Waals surface area contributed by atoms with Gasteiger partial charge in [-0.2, -0.15) is 0 Å². The minimum absolute atomic E-state index is 0.0627. The van der Waals surface area contributed by atoms with Gasteiger partial charge >= 0.3 is 4.87 Å². The van der Waals surface area contributed by atoms with E-state index in [1.54, 1.807) is 55.5 Å². The average Bonchev–Trinajstić information content (AvgIpc) is 3.42. The SMILES string of the molecule is CCOc1cc(C2c3sc(=O)n(CC(=O)Nc4ccc(Cl)cc4)c3SC3C(=O)N(c4ccc(C)cc4)C(=O)C32)ccc1O. The van der Waals surface area contributed by atoms with E-state index in [1.165, 1.54) is 15.5 Å². The Morgan fingerprint density at radius 3 is 2.44 bits per heavy atom. The summed E-state index contributed by atoms with van der Waals surface area (Å²) >= 11 is 8.04. The largest absolute Gasteiger partial charge is 0.504 e. The predicted molar refractivity (Wildman–Crippen MR) is 167 cm³/mol. The Morgan fingerprint density at radius 1 is 1.02 bits per heavy atom. The second-order valence-electron chi connectivity index (χ2n) is 10.2. The molecule has 3 unspecified atom stereocenters. The van der Waals surface area contributed by atoms with Crippen molar-refractivity contribution >= 4 is 63.8 Å². The predicted octanol–water partition coefficient (Wildman–Crippen LogP) is 5.41. The number of anilines is 2. The number of ether oxygens (including phenoxy) is 1. The standard InChI is InChI=1S/C31H26ClN3O6S2/c1-3-41-22-14-17(6-13-21(22)36)24-25-26(29(39)35(28(25)38)20-11-4-16(2)5-12-20)42-30-27(24)43-31(40)34(30)15-23(37)33-19-9-7-18(32)8-10-19/h4-14,24-26,36H,3,15H2,1-2H3,(H,33,37). The normalized spacial score (nSPS) is 19.2. The van der Waals surface area contributed by atoms with Crippen molar-refractivity contribution in [2.75, 3.05) is 16.8 Å². The molecule has 43 heavy (non-hydrogen) atoms. The highest BCUT2D eigenvalue weighted by Crippen LogP contribution is 2.54. The van der Waals surface area contributed by atoms with Crippen LogP contribution in [0.4, 0.5) is 11.4 Å². The quantitative estimate of drug-likeness (QED) is 0.261. The summed E-state index contributed by atoms with van der Waals surface area (Å²) in [6.45, 7) is 3.73. The number of aryl methyl sites for hydroxylation is 1. The van der Waals surface area contributed by atoms with Crippen LogP contribution in [0.25, 0.3) is 0 Å². The zero-order valence-corrected chi connectivity index (χ0v) is 25.5. The van der Waals surface area contributed by atoms with Crippen molar-refractivity contribution in [2.45, 2.75) is 36.6 Å². The number of thiazole rings is 1. The fourth-order valence-electron chi connectivity index (χ4n) is 5.44. The molecule has 3 atom stereocenters. The molecule has 0 aliphatic carbocycles. The summed E-state index contributed by atoms with van der Waals surface area (Å²) in [5.41, 5.74) is 2.60. The molecule has 12 heteroatoms. The number of fused-ring (bicyclic) bond motifs is 2. The molecule has 3 heterocycles. The lowest BCUT2D eigenvalue weighted by Gasteiger charge is -2.31. The zero-order valence-electron chi connectivity index (χ0n) is 23.1. The Kier molecular flexibility index (Phi) is 7.80. The molecule has 1 aromatic heterocycles. The molecule has 0 saturated carbocycles. The highest BCUT2D eigenvalue weighted by molar-refractivity contribution is 8.00. The van der Waals surface area contributed by atoms with Gasteiger partial charge in [0.25, 0.3) is 0 Å². The summed E-state index contributed by atoms with van der Waals surface area (Å²) in [6, 6.07) is 18.6. The zero-order chi connectivity index (χ0) is 30.4. The second-order valence-corrected chi connectivity index (χ2v) is 12.8. The van der Waals surface area contributed by atoms with Crippen LogP contribution in [0.1, 0.15) is 28.8 Å². The lowest BCUT2D eigenvalue weighted by molar-refractivity contribution is -0.122. The Hall–Kier alpha value is -4.06. The third-order valence-corrected chi connectivity index (χ3v) is 10.3. The van der Waals surface area contributed by atoms with Crippen molar-refractivity contribution in [3.05, 3.63) is 97.4 Å². The molecule has 2 aliphatic heterocycles. The number of carbonyl (C=O) groups is 3. The number of imide groups is 1. The van der Waals surface area contributed by atoms with Crippen LogP contribution in [-0.4, -0.2) is 39.3 Å². The highest BCUT2D eigenvalue weighted by atomic mass is 35.5. The number of rotatable bonds is 7. The molecule has 0 spiro atoms. The van der Waals surface area contributed by atoms with Crippen molar-refractivity contribution in [2.24, 2.45) is 5.92 Å². The van der Waals surface area contributed by atoms with Gasteiger partial charge in [-0.15, -0.1) is 0 Å². The minimum Gasteiger partial charge on any atom is -0.504 e. The van der Waals surface area contributed by atoms with Gasteiger partial charge in [0, 0.05) is 21.5 Å². The molecular formula is C31H26ClN3O6S2. The average molecular weight is 636 g/mol. The summed E-state index contributed by atoms with van der Waals surface area (Å²) < 4.78 is 6.98. The van der Waals surface area contributed by atoms with Crippen LogP contribution in [0.3, 0.4) is 0 Å². The third-order valence-electron chi connectivity index (χ3n) is 7.41. The van der Waals surface area contributed by atoms with Gasteiger partial charge < -0.3 is 15.2 Å². The number of carbonyl (C=O) groups excluding carboxylic acids is 3. The molecule has 2 N–H and O–H groups in total. The summed E-state index contributed by atoms with van der Waals surface area (Å²) in [4.78, 5) is 55.8. The van der Waals surface area contributed by atoms with E-state index in [9.17, 15) is 24.3 Å². The number of phenols is 1. The summed E-state index contributed by atoms with van der Waals surface area (Å²) in [7, 11) is 0. The van der Waals surface area contributed by atoms with Gasteiger partial charge in [0.1, 0.15) is 11.8 Å². The van der Waals surface area contributed by atoms with Gasteiger partial charge in [-0.1, -0.05) is 58.5 Å². The molecule has 9 nitrogen and oxygen atoms in total. The first kappa shape index (κ1) is 29.0.